The number of ether oxygens (including phenoxy) is 1. The highest BCUT2D eigenvalue weighted by Gasteiger charge is 2.21. The number of aryl methyl sites for hydroxylation is 2. The van der Waals surface area contributed by atoms with Gasteiger partial charge in [-0.3, -0.25) is 24.9 Å². The average molecular weight is 583 g/mol. The summed E-state index contributed by atoms with van der Waals surface area (Å²) in [7, 11) is -4.01. The number of hydrogen-bond donors (Lipinski definition) is 2. The van der Waals surface area contributed by atoms with E-state index in [0.29, 0.717) is 21.5 Å². The second kappa shape index (κ2) is 12.2. The molecule has 4 aromatic rings. The number of carbonyl (C=O) groups excluding carboxylic acids is 2. The van der Waals surface area contributed by atoms with Crippen LogP contribution in [-0.4, -0.2) is 36.8 Å². The van der Waals surface area contributed by atoms with E-state index < -0.39 is 33.4 Å². The van der Waals surface area contributed by atoms with Crippen LogP contribution < -0.4 is 10.0 Å². The number of aromatic nitrogens is 1. The Kier molecular flexibility index (Phi) is 8.75. The Bertz CT molecular complexity index is 1680. The summed E-state index contributed by atoms with van der Waals surface area (Å²) in [5, 5.41) is 13.6. The lowest BCUT2D eigenvalue weighted by molar-refractivity contribution is -0.384. The number of nitrogens with zero attached hydrogens (tertiary/aromatic N) is 2. The summed E-state index contributed by atoms with van der Waals surface area (Å²) in [5.74, 6) is -1.56. The Hall–Kier alpha value is -4.36. The van der Waals surface area contributed by atoms with Crippen LogP contribution in [0.15, 0.2) is 65.6 Å². The topological polar surface area (TPSA) is 158 Å². The van der Waals surface area contributed by atoms with Crippen molar-refractivity contribution < 1.29 is 27.7 Å². The smallest absolute Gasteiger partial charge is 0.338 e. The van der Waals surface area contributed by atoms with E-state index in [1.54, 1.807) is 19.1 Å². The number of nitrogens with one attached hydrogen (secondary N) is 2. The van der Waals surface area contributed by atoms with Gasteiger partial charge in [0, 0.05) is 17.8 Å². The quantitative estimate of drug-likeness (QED) is 0.134. The summed E-state index contributed by atoms with van der Waals surface area (Å²) in [5.41, 5.74) is 2.27. The van der Waals surface area contributed by atoms with Gasteiger partial charge in [-0.15, -0.1) is 0 Å². The molecule has 208 valence electrons. The molecule has 40 heavy (non-hydrogen) atoms. The lowest BCUT2D eigenvalue weighted by Crippen LogP contribution is -2.21. The number of non-ortho nitro benzene ring substituents is 1. The summed E-state index contributed by atoms with van der Waals surface area (Å²) in [6.07, 6.45) is 3.02. The second-order valence-corrected chi connectivity index (χ2v) is 11.6. The molecule has 0 aliphatic heterocycles. The van der Waals surface area contributed by atoms with E-state index in [9.17, 15) is 28.1 Å². The molecule has 0 saturated heterocycles. The number of fused-ring (bicyclic) bond motifs is 1. The van der Waals surface area contributed by atoms with Crippen LogP contribution in [0.5, 0.6) is 0 Å². The van der Waals surface area contributed by atoms with Crippen LogP contribution in [0.25, 0.3) is 10.2 Å². The van der Waals surface area contributed by atoms with Gasteiger partial charge in [-0.05, 0) is 61.2 Å². The van der Waals surface area contributed by atoms with Crippen LogP contribution in [0.3, 0.4) is 0 Å². The molecule has 0 aliphatic rings. The van der Waals surface area contributed by atoms with Gasteiger partial charge in [0.05, 0.1) is 25.6 Å². The van der Waals surface area contributed by atoms with E-state index >= 15 is 0 Å². The Labute approximate surface area is 234 Å². The third-order valence-corrected chi connectivity index (χ3v) is 8.36. The molecule has 0 atom stereocenters. The number of rotatable bonds is 11. The van der Waals surface area contributed by atoms with Gasteiger partial charge in [-0.25, -0.2) is 18.2 Å². The molecule has 0 bridgehead atoms. The second-order valence-electron chi connectivity index (χ2n) is 8.94. The van der Waals surface area contributed by atoms with Gasteiger partial charge in [0.25, 0.3) is 21.6 Å². The lowest BCUT2D eigenvalue weighted by atomic mass is 10.1. The standard InChI is InChI=1S/C27H26N4O7S2/c1-3-4-5-18-7-10-20(11-8-18)30-40(36,37)24-14-19(9-6-17(24)2)26(33)38-16-25(32)29-27-28-22-13-12-21(31(34)35)15-23(22)39-27/h6-15,30H,3-5,16H2,1-2H3,(H,28,29,32). The van der Waals surface area contributed by atoms with Gasteiger partial charge < -0.3 is 4.74 Å². The Morgan fingerprint density at radius 2 is 1.82 bits per heavy atom. The molecule has 0 saturated carbocycles. The molecule has 11 nitrogen and oxygen atoms in total. The predicted octanol–water partition coefficient (Wildman–Crippen LogP) is 5.45. The number of hydrogen-bond acceptors (Lipinski definition) is 9. The molecule has 1 aromatic heterocycles. The molecule has 1 heterocycles. The fourth-order valence-electron chi connectivity index (χ4n) is 3.80. The maximum Gasteiger partial charge on any atom is 0.338 e. The molecule has 0 aliphatic carbocycles. The van der Waals surface area contributed by atoms with Gasteiger partial charge in [0.1, 0.15) is 0 Å². The zero-order valence-electron chi connectivity index (χ0n) is 21.7. The highest BCUT2D eigenvalue weighted by molar-refractivity contribution is 7.92. The molecule has 4 rings (SSSR count). The number of thiazole rings is 1. The number of nitro groups is 1. The maximum atomic E-state index is 13.1. The van der Waals surface area contributed by atoms with Crippen LogP contribution in [0.2, 0.25) is 0 Å². The monoisotopic (exact) mass is 582 g/mol. The maximum absolute atomic E-state index is 13.1. The van der Waals surface area contributed by atoms with Crippen molar-refractivity contribution in [2.45, 2.75) is 38.0 Å². The average Bonchev–Trinajstić information content (AvgIpc) is 3.32. The number of esters is 1. The number of amides is 1. The molecule has 2 N–H and O–H groups in total. The Balaban J connectivity index is 1.39. The van der Waals surface area contributed by atoms with Crippen molar-refractivity contribution in [3.63, 3.8) is 0 Å². The number of carbonyl (C=O) groups is 2. The zero-order valence-corrected chi connectivity index (χ0v) is 23.3. The fourth-order valence-corrected chi connectivity index (χ4v) is 6.04. The van der Waals surface area contributed by atoms with Gasteiger partial charge in [0.2, 0.25) is 0 Å². The normalized spacial score (nSPS) is 11.2. The highest BCUT2D eigenvalue weighted by Crippen LogP contribution is 2.29. The molecule has 0 unspecified atom stereocenters. The molecular formula is C27H26N4O7S2. The van der Waals surface area contributed by atoms with E-state index in [4.69, 9.17) is 4.74 Å². The molecule has 0 fully saturated rings. The lowest BCUT2D eigenvalue weighted by Gasteiger charge is -2.12. The van der Waals surface area contributed by atoms with Crippen LogP contribution in [0.4, 0.5) is 16.5 Å². The van der Waals surface area contributed by atoms with Crippen LogP contribution in [0, 0.1) is 17.0 Å². The first-order valence-electron chi connectivity index (χ1n) is 12.3. The van der Waals surface area contributed by atoms with E-state index in [1.807, 2.05) is 12.1 Å². The van der Waals surface area contributed by atoms with Crippen molar-refractivity contribution in [1.29, 1.82) is 0 Å². The summed E-state index contributed by atoms with van der Waals surface area (Å²) >= 11 is 1.04. The van der Waals surface area contributed by atoms with Crippen molar-refractivity contribution in [2.75, 3.05) is 16.6 Å². The molecular weight excluding hydrogens is 556 g/mol. The minimum Gasteiger partial charge on any atom is -0.452 e. The minimum atomic E-state index is -4.01. The van der Waals surface area contributed by atoms with Crippen molar-refractivity contribution >= 4 is 60.0 Å². The zero-order chi connectivity index (χ0) is 28.9. The third kappa shape index (κ3) is 6.98. The fraction of sp³-hybridized carbons (Fsp3) is 0.222. The van der Waals surface area contributed by atoms with E-state index in [-0.39, 0.29) is 21.3 Å². The van der Waals surface area contributed by atoms with Gasteiger partial charge in [-0.1, -0.05) is 42.9 Å². The summed E-state index contributed by atoms with van der Waals surface area (Å²) in [6.45, 7) is 3.07. The van der Waals surface area contributed by atoms with Gasteiger partial charge in [-0.2, -0.15) is 0 Å². The summed E-state index contributed by atoms with van der Waals surface area (Å²) in [4.78, 5) is 39.5. The largest absolute Gasteiger partial charge is 0.452 e. The van der Waals surface area contributed by atoms with Crippen LogP contribution >= 0.6 is 11.3 Å². The summed E-state index contributed by atoms with van der Waals surface area (Å²) in [6, 6.07) is 15.4. The minimum absolute atomic E-state index is 0.0408. The predicted molar refractivity (Wildman–Crippen MR) is 152 cm³/mol. The molecule has 3 aromatic carbocycles. The SMILES string of the molecule is CCCCc1ccc(NS(=O)(=O)c2cc(C(=O)OCC(=O)Nc3nc4ccc([N+](=O)[O-])cc4s3)ccc2C)cc1. The number of benzene rings is 3. The van der Waals surface area contributed by atoms with Gasteiger partial charge >= 0.3 is 5.97 Å². The number of unbranched alkanes of at least 4 members (excludes halogenated alkanes) is 1. The van der Waals surface area contributed by atoms with Crippen LogP contribution in [0.1, 0.15) is 41.3 Å². The van der Waals surface area contributed by atoms with E-state index in [2.05, 4.69) is 21.9 Å². The highest BCUT2D eigenvalue weighted by atomic mass is 32.2. The van der Waals surface area contributed by atoms with Crippen molar-refractivity contribution in [2.24, 2.45) is 0 Å². The first-order chi connectivity index (χ1) is 19.1. The van der Waals surface area contributed by atoms with Crippen molar-refractivity contribution in [3.05, 3.63) is 87.5 Å². The Morgan fingerprint density at radius 3 is 2.52 bits per heavy atom. The van der Waals surface area contributed by atoms with E-state index in [0.717, 1.165) is 36.2 Å². The van der Waals surface area contributed by atoms with Crippen molar-refractivity contribution in [3.8, 4) is 0 Å². The van der Waals surface area contributed by atoms with Crippen molar-refractivity contribution in [1.82, 2.24) is 4.98 Å². The van der Waals surface area contributed by atoms with E-state index in [1.165, 1.54) is 36.4 Å². The van der Waals surface area contributed by atoms with Gasteiger partial charge in [0.15, 0.2) is 11.7 Å². The molecule has 0 spiro atoms. The summed E-state index contributed by atoms with van der Waals surface area (Å²) < 4.78 is 34.3. The number of nitro benzene ring substituents is 1. The molecule has 1 amide bonds. The Morgan fingerprint density at radius 1 is 1.07 bits per heavy atom. The first kappa shape index (κ1) is 28.6. The number of sulfonamides is 1. The first-order valence-corrected chi connectivity index (χ1v) is 14.6. The molecule has 0 radical (unpaired) electrons. The molecule has 13 heteroatoms. The number of anilines is 2. The van der Waals surface area contributed by atoms with Crippen LogP contribution in [-0.2, 0) is 26.0 Å². The third-order valence-electron chi connectivity index (χ3n) is 5.90.